The smallest absolute Gasteiger partial charge is 0.333 e. The van der Waals surface area contributed by atoms with Crippen molar-refractivity contribution in [2.45, 2.75) is 38.0 Å². The van der Waals surface area contributed by atoms with Crippen LogP contribution in [0, 0.1) is 6.92 Å². The van der Waals surface area contributed by atoms with E-state index in [0.717, 1.165) is 9.13 Å². The molecule has 2 heterocycles. The second kappa shape index (κ2) is 6.71. The molecule has 0 bridgehead atoms. The predicted molar refractivity (Wildman–Crippen MR) is 74.6 cm³/mol. The average Bonchev–Trinajstić information content (AvgIpc) is 2.79. The standard InChI is InChI=1S/C13H20N2O7/c1-7-5-15(12-10(18)9(17)8(6-16)22-12)13(20)14(11(7)19)3-4-21-2/h5,8-10,12,16-18H,3-4,6H2,1-2H3/t8-,9?,10?,12-/m0/s1. The third kappa shape index (κ3) is 2.85. The molecular weight excluding hydrogens is 296 g/mol. The first-order chi connectivity index (χ1) is 10.4. The highest BCUT2D eigenvalue weighted by molar-refractivity contribution is 5.05. The van der Waals surface area contributed by atoms with E-state index in [2.05, 4.69) is 0 Å². The summed E-state index contributed by atoms with van der Waals surface area (Å²) in [5, 5.41) is 28.9. The van der Waals surface area contributed by atoms with Gasteiger partial charge in [-0.25, -0.2) is 4.79 Å². The minimum absolute atomic E-state index is 0.0602. The number of aromatic nitrogens is 2. The SMILES string of the molecule is COCCn1c(=O)c(C)cn([C@H]2O[C@@H](CO)C(O)C2O)c1=O. The van der Waals surface area contributed by atoms with Crippen molar-refractivity contribution >= 4 is 0 Å². The van der Waals surface area contributed by atoms with Crippen molar-refractivity contribution in [1.82, 2.24) is 9.13 Å². The number of aliphatic hydroxyl groups excluding tert-OH is 3. The summed E-state index contributed by atoms with van der Waals surface area (Å²) >= 11 is 0. The number of aryl methyl sites for hydroxylation is 1. The molecule has 3 N–H and O–H groups in total. The van der Waals surface area contributed by atoms with Crippen LogP contribution in [0.2, 0.25) is 0 Å². The molecule has 2 unspecified atom stereocenters. The van der Waals surface area contributed by atoms with Crippen molar-refractivity contribution in [1.29, 1.82) is 0 Å². The first kappa shape index (κ1) is 16.8. The Labute approximate surface area is 126 Å². The van der Waals surface area contributed by atoms with Crippen LogP contribution in [0.3, 0.4) is 0 Å². The van der Waals surface area contributed by atoms with Crippen molar-refractivity contribution in [3.63, 3.8) is 0 Å². The summed E-state index contributed by atoms with van der Waals surface area (Å²) in [5.74, 6) is 0. The minimum Gasteiger partial charge on any atom is -0.394 e. The van der Waals surface area contributed by atoms with E-state index >= 15 is 0 Å². The molecule has 22 heavy (non-hydrogen) atoms. The van der Waals surface area contributed by atoms with Crippen molar-refractivity contribution in [3.8, 4) is 0 Å². The summed E-state index contributed by atoms with van der Waals surface area (Å²) in [4.78, 5) is 24.4. The van der Waals surface area contributed by atoms with E-state index in [9.17, 15) is 19.8 Å². The lowest BCUT2D eigenvalue weighted by molar-refractivity contribution is -0.0557. The molecule has 1 aliphatic rings. The molecule has 0 radical (unpaired) electrons. The number of hydrogen-bond donors (Lipinski definition) is 3. The molecule has 0 saturated carbocycles. The fourth-order valence-electron chi connectivity index (χ4n) is 2.43. The summed E-state index contributed by atoms with van der Waals surface area (Å²) < 4.78 is 12.2. The van der Waals surface area contributed by atoms with Crippen LogP contribution in [0.5, 0.6) is 0 Å². The Morgan fingerprint density at radius 3 is 2.55 bits per heavy atom. The first-order valence-corrected chi connectivity index (χ1v) is 6.86. The third-order valence-electron chi connectivity index (χ3n) is 3.68. The lowest BCUT2D eigenvalue weighted by atomic mass is 10.1. The molecule has 1 aromatic heterocycles. The maximum Gasteiger partial charge on any atom is 0.333 e. The van der Waals surface area contributed by atoms with Gasteiger partial charge in [0.2, 0.25) is 0 Å². The summed E-state index contributed by atoms with van der Waals surface area (Å²) in [7, 11) is 1.45. The number of methoxy groups -OCH3 is 1. The monoisotopic (exact) mass is 316 g/mol. The van der Waals surface area contributed by atoms with Crippen molar-refractivity contribution in [2.75, 3.05) is 20.3 Å². The van der Waals surface area contributed by atoms with Crippen LogP contribution in [0.1, 0.15) is 11.8 Å². The van der Waals surface area contributed by atoms with Crippen LogP contribution in [0.4, 0.5) is 0 Å². The summed E-state index contributed by atoms with van der Waals surface area (Å²) in [6, 6.07) is 0. The van der Waals surface area contributed by atoms with Gasteiger partial charge in [0.1, 0.15) is 18.3 Å². The lowest BCUT2D eigenvalue weighted by Gasteiger charge is -2.19. The molecule has 0 spiro atoms. The van der Waals surface area contributed by atoms with Crippen molar-refractivity contribution in [3.05, 3.63) is 32.6 Å². The zero-order valence-electron chi connectivity index (χ0n) is 12.4. The van der Waals surface area contributed by atoms with E-state index in [1.54, 1.807) is 0 Å². The Morgan fingerprint density at radius 1 is 1.32 bits per heavy atom. The Morgan fingerprint density at radius 2 is 2.00 bits per heavy atom. The van der Waals surface area contributed by atoms with E-state index in [0.29, 0.717) is 0 Å². The van der Waals surface area contributed by atoms with Gasteiger partial charge in [0.05, 0.1) is 19.8 Å². The van der Waals surface area contributed by atoms with Gasteiger partial charge in [-0.2, -0.15) is 0 Å². The molecule has 0 amide bonds. The minimum atomic E-state index is -1.39. The number of nitrogens with zero attached hydrogens (tertiary/aromatic N) is 2. The predicted octanol–water partition coefficient (Wildman–Crippen LogP) is -2.42. The molecule has 0 aliphatic carbocycles. The van der Waals surface area contributed by atoms with Gasteiger partial charge in [0.25, 0.3) is 5.56 Å². The number of rotatable bonds is 5. The molecule has 124 valence electrons. The van der Waals surface area contributed by atoms with Gasteiger partial charge >= 0.3 is 5.69 Å². The molecule has 1 saturated heterocycles. The van der Waals surface area contributed by atoms with Gasteiger partial charge in [-0.15, -0.1) is 0 Å². The van der Waals surface area contributed by atoms with Gasteiger partial charge in [0, 0.05) is 18.9 Å². The number of hydrogen-bond acceptors (Lipinski definition) is 7. The molecule has 9 heteroatoms. The van der Waals surface area contributed by atoms with Crippen LogP contribution in [0.25, 0.3) is 0 Å². The molecule has 9 nitrogen and oxygen atoms in total. The molecule has 1 aromatic rings. The highest BCUT2D eigenvalue weighted by Gasteiger charge is 2.44. The zero-order valence-corrected chi connectivity index (χ0v) is 12.4. The second-order valence-electron chi connectivity index (χ2n) is 5.18. The lowest BCUT2D eigenvalue weighted by Crippen LogP contribution is -2.44. The Balaban J connectivity index is 2.46. The summed E-state index contributed by atoms with van der Waals surface area (Å²) in [5.41, 5.74) is -0.846. The normalized spacial score (nSPS) is 28.2. The van der Waals surface area contributed by atoms with Crippen molar-refractivity contribution in [2.24, 2.45) is 0 Å². The van der Waals surface area contributed by atoms with Gasteiger partial charge in [-0.05, 0) is 6.92 Å². The number of ether oxygens (including phenoxy) is 2. The Kier molecular flexibility index (Phi) is 5.14. The van der Waals surface area contributed by atoms with Crippen molar-refractivity contribution < 1.29 is 24.8 Å². The van der Waals surface area contributed by atoms with Gasteiger partial charge < -0.3 is 24.8 Å². The summed E-state index contributed by atoms with van der Waals surface area (Å²) in [6.07, 6.45) is -3.60. The van der Waals surface area contributed by atoms with Crippen LogP contribution in [-0.4, -0.2) is 63.1 Å². The van der Waals surface area contributed by atoms with Crippen LogP contribution in [-0.2, 0) is 16.0 Å². The quantitative estimate of drug-likeness (QED) is 0.552. The largest absolute Gasteiger partial charge is 0.394 e. The summed E-state index contributed by atoms with van der Waals surface area (Å²) in [6.45, 7) is 1.27. The van der Waals surface area contributed by atoms with Gasteiger partial charge in [-0.3, -0.25) is 13.9 Å². The molecule has 1 fully saturated rings. The molecule has 2 rings (SSSR count). The number of aliphatic hydroxyl groups is 3. The fourth-order valence-corrected chi connectivity index (χ4v) is 2.43. The van der Waals surface area contributed by atoms with Gasteiger partial charge in [-0.1, -0.05) is 0 Å². The molecular formula is C13H20N2O7. The third-order valence-corrected chi connectivity index (χ3v) is 3.68. The molecule has 4 atom stereocenters. The first-order valence-electron chi connectivity index (χ1n) is 6.86. The van der Waals surface area contributed by atoms with Crippen LogP contribution >= 0.6 is 0 Å². The molecule has 0 aromatic carbocycles. The molecule has 1 aliphatic heterocycles. The average molecular weight is 316 g/mol. The Hall–Kier alpha value is -1.52. The second-order valence-corrected chi connectivity index (χ2v) is 5.18. The topological polar surface area (TPSA) is 123 Å². The van der Waals surface area contributed by atoms with E-state index < -0.39 is 42.4 Å². The maximum absolute atomic E-state index is 12.4. The highest BCUT2D eigenvalue weighted by atomic mass is 16.6. The maximum atomic E-state index is 12.4. The van der Waals surface area contributed by atoms with E-state index in [-0.39, 0.29) is 18.7 Å². The fraction of sp³-hybridized carbons (Fsp3) is 0.692. The van der Waals surface area contributed by atoms with Crippen LogP contribution < -0.4 is 11.2 Å². The van der Waals surface area contributed by atoms with E-state index in [1.165, 1.54) is 20.2 Å². The Bertz CT molecular complexity index is 638. The van der Waals surface area contributed by atoms with E-state index in [1.807, 2.05) is 0 Å². The van der Waals surface area contributed by atoms with Crippen LogP contribution in [0.15, 0.2) is 15.8 Å². The van der Waals surface area contributed by atoms with E-state index in [4.69, 9.17) is 14.6 Å². The zero-order chi connectivity index (χ0) is 16.4. The highest BCUT2D eigenvalue weighted by Crippen LogP contribution is 2.27. The van der Waals surface area contributed by atoms with Gasteiger partial charge in [0.15, 0.2) is 6.23 Å².